The molecule has 106 valence electrons. The number of hydrogen-bond acceptors (Lipinski definition) is 2. The second kappa shape index (κ2) is 5.50. The molecule has 1 aromatic heterocycles. The molecule has 0 bridgehead atoms. The summed E-state index contributed by atoms with van der Waals surface area (Å²) in [6.45, 7) is -0.242. The monoisotopic (exact) mass is 282 g/mol. The number of hydrogen-bond donors (Lipinski definition) is 0. The van der Waals surface area contributed by atoms with Gasteiger partial charge in [-0.3, -0.25) is 9.78 Å². The number of amides is 1. The first-order chi connectivity index (χ1) is 8.66. The number of rotatable bonds is 4. The fourth-order valence-electron chi connectivity index (χ4n) is 1.31. The number of halogens is 5. The molecule has 0 spiro atoms. The van der Waals surface area contributed by atoms with Gasteiger partial charge in [0.25, 0.3) is 0 Å². The van der Waals surface area contributed by atoms with E-state index in [-0.39, 0.29) is 13.0 Å². The van der Waals surface area contributed by atoms with Gasteiger partial charge < -0.3 is 4.90 Å². The van der Waals surface area contributed by atoms with Crippen molar-refractivity contribution in [3.63, 3.8) is 0 Å². The molecule has 0 aliphatic rings. The Bertz CT molecular complexity index is 432. The minimum atomic E-state index is -5.88. The lowest BCUT2D eigenvalue weighted by Crippen LogP contribution is -2.51. The molecule has 0 aliphatic heterocycles. The van der Waals surface area contributed by atoms with E-state index in [1.54, 1.807) is 12.1 Å². The topological polar surface area (TPSA) is 33.2 Å². The van der Waals surface area contributed by atoms with E-state index in [2.05, 4.69) is 4.98 Å². The Balaban J connectivity index is 2.64. The van der Waals surface area contributed by atoms with E-state index in [9.17, 15) is 26.7 Å². The lowest BCUT2D eigenvalue weighted by Gasteiger charge is -2.24. The van der Waals surface area contributed by atoms with E-state index in [4.69, 9.17) is 0 Å². The highest BCUT2D eigenvalue weighted by Crippen LogP contribution is 2.36. The zero-order chi connectivity index (χ0) is 14.7. The third kappa shape index (κ3) is 3.62. The average molecular weight is 282 g/mol. The minimum Gasteiger partial charge on any atom is -0.340 e. The second-order valence-electron chi connectivity index (χ2n) is 3.90. The van der Waals surface area contributed by atoms with Gasteiger partial charge in [0.2, 0.25) is 0 Å². The lowest BCUT2D eigenvalue weighted by atomic mass is 10.2. The van der Waals surface area contributed by atoms with E-state index < -0.39 is 18.0 Å². The maximum atomic E-state index is 12.8. The molecular formula is C11H11F5N2O. The van der Waals surface area contributed by atoms with Crippen LogP contribution in [0.15, 0.2) is 24.5 Å². The van der Waals surface area contributed by atoms with Crippen molar-refractivity contribution in [1.82, 2.24) is 9.88 Å². The standard InChI is InChI=1S/C11H11F5N2O/c1-18(7-4-8-2-5-17-6-3-8)9(19)10(12,13)11(14,15)16/h2-3,5-6H,4,7H2,1H3. The Morgan fingerprint density at radius 2 is 1.74 bits per heavy atom. The third-order valence-electron chi connectivity index (χ3n) is 2.46. The first-order valence-electron chi connectivity index (χ1n) is 5.25. The Morgan fingerprint density at radius 3 is 2.21 bits per heavy atom. The summed E-state index contributed by atoms with van der Waals surface area (Å²) < 4.78 is 61.6. The van der Waals surface area contributed by atoms with Crippen LogP contribution in [-0.2, 0) is 11.2 Å². The van der Waals surface area contributed by atoms with Crippen LogP contribution >= 0.6 is 0 Å². The highest BCUT2D eigenvalue weighted by molar-refractivity contribution is 5.84. The van der Waals surface area contributed by atoms with Gasteiger partial charge in [0.1, 0.15) is 0 Å². The summed E-state index contributed by atoms with van der Waals surface area (Å²) >= 11 is 0. The molecule has 0 aromatic carbocycles. The molecular weight excluding hydrogens is 271 g/mol. The second-order valence-corrected chi connectivity index (χ2v) is 3.90. The Morgan fingerprint density at radius 1 is 1.21 bits per heavy atom. The molecule has 1 heterocycles. The highest BCUT2D eigenvalue weighted by Gasteiger charge is 2.64. The summed E-state index contributed by atoms with van der Waals surface area (Å²) in [4.78, 5) is 15.2. The summed E-state index contributed by atoms with van der Waals surface area (Å²) in [5, 5.41) is 0. The van der Waals surface area contributed by atoms with Gasteiger partial charge in [0, 0.05) is 26.0 Å². The fourth-order valence-corrected chi connectivity index (χ4v) is 1.31. The molecule has 19 heavy (non-hydrogen) atoms. The van der Waals surface area contributed by atoms with Gasteiger partial charge in [-0.05, 0) is 24.1 Å². The molecule has 1 amide bonds. The smallest absolute Gasteiger partial charge is 0.340 e. The van der Waals surface area contributed by atoms with Crippen molar-refractivity contribution in [2.45, 2.75) is 18.5 Å². The van der Waals surface area contributed by atoms with Crippen molar-refractivity contribution in [3.8, 4) is 0 Å². The lowest BCUT2D eigenvalue weighted by molar-refractivity contribution is -0.273. The van der Waals surface area contributed by atoms with Crippen LogP contribution in [0.5, 0.6) is 0 Å². The summed E-state index contributed by atoms with van der Waals surface area (Å²) in [5.74, 6) is -7.62. The SMILES string of the molecule is CN(CCc1ccncc1)C(=O)C(F)(F)C(F)(F)F. The number of likely N-dealkylation sites (N-methyl/N-ethyl adjacent to an activating group) is 1. The first kappa shape index (κ1) is 15.3. The highest BCUT2D eigenvalue weighted by atomic mass is 19.4. The third-order valence-corrected chi connectivity index (χ3v) is 2.46. The van der Waals surface area contributed by atoms with Crippen LogP contribution in [0.1, 0.15) is 5.56 Å². The molecule has 0 saturated carbocycles. The van der Waals surface area contributed by atoms with E-state index >= 15 is 0 Å². The predicted octanol–water partition coefficient (Wildman–Crippen LogP) is 2.28. The fraction of sp³-hybridized carbons (Fsp3) is 0.455. The van der Waals surface area contributed by atoms with E-state index in [0.717, 1.165) is 7.05 Å². The summed E-state index contributed by atoms with van der Waals surface area (Å²) in [7, 11) is 0.906. The van der Waals surface area contributed by atoms with Gasteiger partial charge in [-0.25, -0.2) is 0 Å². The predicted molar refractivity (Wildman–Crippen MR) is 56.6 cm³/mol. The van der Waals surface area contributed by atoms with Crippen molar-refractivity contribution in [1.29, 1.82) is 0 Å². The van der Waals surface area contributed by atoms with Crippen LogP contribution in [0.25, 0.3) is 0 Å². The van der Waals surface area contributed by atoms with Crippen LogP contribution in [-0.4, -0.2) is 41.5 Å². The minimum absolute atomic E-state index is 0.165. The number of pyridine rings is 1. The van der Waals surface area contributed by atoms with Gasteiger partial charge in [-0.2, -0.15) is 22.0 Å². The molecule has 1 rings (SSSR count). The van der Waals surface area contributed by atoms with Crippen molar-refractivity contribution in [3.05, 3.63) is 30.1 Å². The number of carbonyl (C=O) groups excluding carboxylic acids is 1. The quantitative estimate of drug-likeness (QED) is 0.794. The summed E-state index contributed by atoms with van der Waals surface area (Å²) in [6, 6.07) is 3.17. The molecule has 3 nitrogen and oxygen atoms in total. The van der Waals surface area contributed by atoms with Crippen LogP contribution < -0.4 is 0 Å². The van der Waals surface area contributed by atoms with Gasteiger partial charge in [-0.15, -0.1) is 0 Å². The molecule has 0 saturated heterocycles. The van der Waals surface area contributed by atoms with Gasteiger partial charge in [0.15, 0.2) is 0 Å². The molecule has 8 heteroatoms. The number of nitrogens with zero attached hydrogens (tertiary/aromatic N) is 2. The summed E-state index contributed by atoms with van der Waals surface area (Å²) in [5.41, 5.74) is 0.685. The van der Waals surface area contributed by atoms with Crippen molar-refractivity contribution >= 4 is 5.91 Å². The maximum absolute atomic E-state index is 12.8. The van der Waals surface area contributed by atoms with Crippen LogP contribution in [0.3, 0.4) is 0 Å². The molecule has 0 unspecified atom stereocenters. The van der Waals surface area contributed by atoms with Crippen LogP contribution in [0.4, 0.5) is 22.0 Å². The Hall–Kier alpha value is -1.73. The van der Waals surface area contributed by atoms with Crippen LogP contribution in [0, 0.1) is 0 Å². The number of aromatic nitrogens is 1. The molecule has 0 N–H and O–H groups in total. The van der Waals surface area contributed by atoms with Gasteiger partial charge in [-0.1, -0.05) is 0 Å². The van der Waals surface area contributed by atoms with E-state index in [1.165, 1.54) is 12.4 Å². The molecule has 0 atom stereocenters. The molecule has 0 fully saturated rings. The largest absolute Gasteiger partial charge is 0.463 e. The number of alkyl halides is 5. The molecule has 0 radical (unpaired) electrons. The molecule has 1 aromatic rings. The normalized spacial score (nSPS) is 12.3. The number of carbonyl (C=O) groups is 1. The average Bonchev–Trinajstić information content (AvgIpc) is 2.34. The zero-order valence-electron chi connectivity index (χ0n) is 9.92. The van der Waals surface area contributed by atoms with E-state index in [0.29, 0.717) is 10.5 Å². The van der Waals surface area contributed by atoms with Crippen LogP contribution in [0.2, 0.25) is 0 Å². The van der Waals surface area contributed by atoms with Gasteiger partial charge >= 0.3 is 18.0 Å². The zero-order valence-corrected chi connectivity index (χ0v) is 9.92. The summed E-state index contributed by atoms with van der Waals surface area (Å²) in [6.07, 6.45) is -2.79. The Kier molecular flexibility index (Phi) is 4.43. The van der Waals surface area contributed by atoms with Crippen molar-refractivity contribution in [2.24, 2.45) is 0 Å². The van der Waals surface area contributed by atoms with Gasteiger partial charge in [0.05, 0.1) is 0 Å². The van der Waals surface area contributed by atoms with Crippen molar-refractivity contribution in [2.75, 3.05) is 13.6 Å². The maximum Gasteiger partial charge on any atom is 0.463 e. The van der Waals surface area contributed by atoms with E-state index in [1.807, 2.05) is 0 Å². The molecule has 0 aliphatic carbocycles. The first-order valence-corrected chi connectivity index (χ1v) is 5.25. The Labute approximate surface area is 106 Å². The van der Waals surface area contributed by atoms with Crippen molar-refractivity contribution < 1.29 is 26.7 Å².